The van der Waals surface area contributed by atoms with E-state index in [-0.39, 0.29) is 17.6 Å². The van der Waals surface area contributed by atoms with Gasteiger partial charge in [0.25, 0.3) is 5.91 Å². The molecule has 2 aliphatic rings. The molecule has 0 unspecified atom stereocenters. The minimum atomic E-state index is -0.173. The molecule has 1 aliphatic heterocycles. The minimum absolute atomic E-state index is 0.00899. The van der Waals surface area contributed by atoms with Crippen LogP contribution in [0.5, 0.6) is 0 Å². The number of hydrogen-bond donors (Lipinski definition) is 1. The quantitative estimate of drug-likeness (QED) is 0.908. The normalized spacial score (nSPS) is 23.7. The highest BCUT2D eigenvalue weighted by Crippen LogP contribution is 2.39. The van der Waals surface area contributed by atoms with Crippen molar-refractivity contribution in [3.8, 4) is 6.07 Å². The van der Waals surface area contributed by atoms with E-state index < -0.39 is 0 Å². The van der Waals surface area contributed by atoms with Crippen LogP contribution in [0.25, 0.3) is 0 Å². The zero-order chi connectivity index (χ0) is 14.7. The van der Waals surface area contributed by atoms with Crippen molar-refractivity contribution in [3.63, 3.8) is 0 Å². The van der Waals surface area contributed by atoms with Gasteiger partial charge in [0.15, 0.2) is 0 Å². The smallest absolute Gasteiger partial charge is 0.252 e. The van der Waals surface area contributed by atoms with E-state index in [9.17, 15) is 4.79 Å². The number of carbonyl (C=O) groups excluding carboxylic acids is 1. The van der Waals surface area contributed by atoms with Crippen molar-refractivity contribution < 1.29 is 9.53 Å². The van der Waals surface area contributed by atoms with Crippen LogP contribution in [0.15, 0.2) is 24.3 Å². The van der Waals surface area contributed by atoms with E-state index in [0.29, 0.717) is 17.7 Å². The van der Waals surface area contributed by atoms with Gasteiger partial charge in [-0.2, -0.15) is 5.26 Å². The monoisotopic (exact) mass is 284 g/mol. The number of nitrogens with one attached hydrogen (secondary N) is 1. The van der Waals surface area contributed by atoms with Gasteiger partial charge in [0.2, 0.25) is 0 Å². The summed E-state index contributed by atoms with van der Waals surface area (Å²) in [6.07, 6.45) is 6.84. The topological polar surface area (TPSA) is 62.1 Å². The summed E-state index contributed by atoms with van der Waals surface area (Å²) in [5.41, 5.74) is 0.858. The van der Waals surface area contributed by atoms with E-state index >= 15 is 0 Å². The Morgan fingerprint density at radius 2 is 2.05 bits per heavy atom. The minimum Gasteiger partial charge on any atom is -0.373 e. The van der Waals surface area contributed by atoms with E-state index in [0.717, 1.165) is 19.3 Å². The summed E-state index contributed by atoms with van der Waals surface area (Å²) < 4.78 is 6.01. The molecule has 110 valence electrons. The maximum atomic E-state index is 12.3. The predicted molar refractivity (Wildman–Crippen MR) is 78.8 cm³/mol. The number of hydrogen-bond acceptors (Lipinski definition) is 3. The zero-order valence-electron chi connectivity index (χ0n) is 12.1. The lowest BCUT2D eigenvalue weighted by Crippen LogP contribution is -2.37. The molecule has 1 N–H and O–H groups in total. The molecule has 1 aliphatic carbocycles. The molecule has 1 aromatic rings. The summed E-state index contributed by atoms with van der Waals surface area (Å²) in [7, 11) is 0. The summed E-state index contributed by atoms with van der Waals surface area (Å²) in [5.74, 6) is -0.173. The molecule has 1 saturated carbocycles. The summed E-state index contributed by atoms with van der Waals surface area (Å²) in [5, 5.41) is 12.1. The standard InChI is InChI=1S/C17H20N2O2/c18-11-13-6-2-3-7-15(13)16(20)19-14-10-17(21-12-14)8-4-1-5-9-17/h2-3,6-7,14H,1,4-5,8-10,12H2,(H,19,20)/t14-/m0/s1. The highest BCUT2D eigenvalue weighted by molar-refractivity contribution is 5.96. The molecule has 1 atom stereocenters. The first-order chi connectivity index (χ1) is 10.2. The molecule has 1 saturated heterocycles. The summed E-state index contributed by atoms with van der Waals surface area (Å²) in [6, 6.07) is 9.04. The number of carbonyl (C=O) groups is 1. The van der Waals surface area contributed by atoms with Gasteiger partial charge in [-0.05, 0) is 31.4 Å². The van der Waals surface area contributed by atoms with Crippen molar-refractivity contribution >= 4 is 5.91 Å². The summed E-state index contributed by atoms with van der Waals surface area (Å²) >= 11 is 0. The van der Waals surface area contributed by atoms with Crippen LogP contribution in [0.1, 0.15) is 54.4 Å². The maximum absolute atomic E-state index is 12.3. The average molecular weight is 284 g/mol. The third kappa shape index (κ3) is 2.93. The Morgan fingerprint density at radius 3 is 2.81 bits per heavy atom. The molecular formula is C17H20N2O2. The van der Waals surface area contributed by atoms with Crippen molar-refractivity contribution in [1.82, 2.24) is 5.32 Å². The molecule has 1 heterocycles. The lowest BCUT2D eigenvalue weighted by Gasteiger charge is -2.32. The van der Waals surface area contributed by atoms with Gasteiger partial charge in [-0.1, -0.05) is 31.4 Å². The Bertz CT molecular complexity index is 570. The van der Waals surface area contributed by atoms with Crippen LogP contribution in [0.3, 0.4) is 0 Å². The molecule has 4 heteroatoms. The molecule has 0 radical (unpaired) electrons. The highest BCUT2D eigenvalue weighted by Gasteiger charge is 2.41. The van der Waals surface area contributed by atoms with Crippen LogP contribution in [0.4, 0.5) is 0 Å². The van der Waals surface area contributed by atoms with Crippen molar-refractivity contribution in [1.29, 1.82) is 5.26 Å². The van der Waals surface area contributed by atoms with E-state index in [1.165, 1.54) is 19.3 Å². The molecule has 2 fully saturated rings. The Labute approximate surface area is 125 Å². The number of amides is 1. The van der Waals surface area contributed by atoms with Crippen LogP contribution < -0.4 is 5.32 Å². The van der Waals surface area contributed by atoms with Crippen LogP contribution in [-0.4, -0.2) is 24.2 Å². The highest BCUT2D eigenvalue weighted by atomic mass is 16.5. The lowest BCUT2D eigenvalue weighted by molar-refractivity contribution is -0.0246. The first-order valence-corrected chi connectivity index (χ1v) is 7.66. The van der Waals surface area contributed by atoms with Gasteiger partial charge in [0, 0.05) is 0 Å². The van der Waals surface area contributed by atoms with Crippen molar-refractivity contribution in [2.75, 3.05) is 6.61 Å². The first-order valence-electron chi connectivity index (χ1n) is 7.66. The van der Waals surface area contributed by atoms with E-state index in [2.05, 4.69) is 11.4 Å². The van der Waals surface area contributed by atoms with Gasteiger partial charge in [-0.3, -0.25) is 4.79 Å². The number of nitriles is 1. The maximum Gasteiger partial charge on any atom is 0.252 e. The fraction of sp³-hybridized carbons (Fsp3) is 0.529. The molecule has 1 amide bonds. The largest absolute Gasteiger partial charge is 0.373 e. The Morgan fingerprint density at radius 1 is 1.29 bits per heavy atom. The second-order valence-corrected chi connectivity index (χ2v) is 6.09. The van der Waals surface area contributed by atoms with Gasteiger partial charge in [0.05, 0.1) is 35.4 Å². The van der Waals surface area contributed by atoms with Crippen LogP contribution in [0, 0.1) is 11.3 Å². The third-order valence-corrected chi connectivity index (χ3v) is 4.60. The Hall–Kier alpha value is -1.86. The van der Waals surface area contributed by atoms with Gasteiger partial charge < -0.3 is 10.1 Å². The molecule has 1 aromatic carbocycles. The second kappa shape index (κ2) is 5.87. The lowest BCUT2D eigenvalue weighted by atomic mass is 9.82. The van der Waals surface area contributed by atoms with Crippen LogP contribution in [-0.2, 0) is 4.74 Å². The SMILES string of the molecule is N#Cc1ccccc1C(=O)N[C@@H]1COC2(CCCCC2)C1. The second-order valence-electron chi connectivity index (χ2n) is 6.09. The molecule has 4 nitrogen and oxygen atoms in total. The molecule has 1 spiro atoms. The number of nitrogens with zero attached hydrogens (tertiary/aromatic N) is 1. The van der Waals surface area contributed by atoms with Crippen LogP contribution >= 0.6 is 0 Å². The molecule has 3 rings (SSSR count). The molecule has 0 bridgehead atoms. The molecule has 21 heavy (non-hydrogen) atoms. The molecular weight excluding hydrogens is 264 g/mol. The van der Waals surface area contributed by atoms with E-state index in [1.54, 1.807) is 24.3 Å². The zero-order valence-corrected chi connectivity index (χ0v) is 12.1. The number of rotatable bonds is 2. The molecule has 0 aromatic heterocycles. The third-order valence-electron chi connectivity index (χ3n) is 4.60. The van der Waals surface area contributed by atoms with Gasteiger partial charge >= 0.3 is 0 Å². The van der Waals surface area contributed by atoms with Gasteiger partial charge in [0.1, 0.15) is 0 Å². The Balaban J connectivity index is 1.65. The van der Waals surface area contributed by atoms with Crippen molar-refractivity contribution in [2.45, 2.75) is 50.2 Å². The fourth-order valence-electron chi connectivity index (χ4n) is 3.52. The number of ether oxygens (including phenoxy) is 1. The predicted octanol–water partition coefficient (Wildman–Crippen LogP) is 2.78. The van der Waals surface area contributed by atoms with E-state index in [1.807, 2.05) is 0 Å². The number of benzene rings is 1. The average Bonchev–Trinajstić information content (AvgIpc) is 2.90. The van der Waals surface area contributed by atoms with Gasteiger partial charge in [-0.15, -0.1) is 0 Å². The summed E-state index contributed by atoms with van der Waals surface area (Å²) in [4.78, 5) is 12.3. The van der Waals surface area contributed by atoms with Crippen molar-refractivity contribution in [3.05, 3.63) is 35.4 Å². The van der Waals surface area contributed by atoms with Crippen molar-refractivity contribution in [2.24, 2.45) is 0 Å². The first kappa shape index (κ1) is 14.1. The fourth-order valence-corrected chi connectivity index (χ4v) is 3.52. The Kier molecular flexibility index (Phi) is 3.94. The van der Waals surface area contributed by atoms with E-state index in [4.69, 9.17) is 10.00 Å². The summed E-state index contributed by atoms with van der Waals surface area (Å²) in [6.45, 7) is 0.584. The van der Waals surface area contributed by atoms with Gasteiger partial charge in [-0.25, -0.2) is 0 Å². The van der Waals surface area contributed by atoms with Crippen LogP contribution in [0.2, 0.25) is 0 Å².